The van der Waals surface area contributed by atoms with Crippen LogP contribution in [0.15, 0.2) is 42.5 Å². The summed E-state index contributed by atoms with van der Waals surface area (Å²) in [4.78, 5) is 14.0. The maximum Gasteiger partial charge on any atom is 0.411 e. The minimum Gasteiger partial charge on any atom is -0.442 e. The van der Waals surface area contributed by atoms with Crippen molar-refractivity contribution >= 4 is 16.1 Å². The Morgan fingerprint density at radius 2 is 1.79 bits per heavy atom. The lowest BCUT2D eigenvalue weighted by Crippen LogP contribution is -2.51. The third kappa shape index (κ3) is 4.70. The van der Waals surface area contributed by atoms with Crippen LogP contribution in [0.4, 0.5) is 13.6 Å². The van der Waals surface area contributed by atoms with E-state index < -0.39 is 44.6 Å². The monoisotopic (exact) mass is 550 g/mol. The summed E-state index contributed by atoms with van der Waals surface area (Å²) in [6.45, 7) is 1.61. The fourth-order valence-electron chi connectivity index (χ4n) is 5.95. The van der Waals surface area contributed by atoms with E-state index in [1.165, 1.54) is 9.21 Å². The fourth-order valence-corrected chi connectivity index (χ4v) is 8.13. The van der Waals surface area contributed by atoms with Gasteiger partial charge in [-0.05, 0) is 50.3 Å². The lowest BCUT2D eigenvalue weighted by molar-refractivity contribution is -0.0110. The second kappa shape index (κ2) is 10.5. The van der Waals surface area contributed by atoms with E-state index in [1.54, 1.807) is 31.2 Å². The molecule has 0 saturated carbocycles. The largest absolute Gasteiger partial charge is 0.442 e. The lowest BCUT2D eigenvalue weighted by Gasteiger charge is -2.43. The molecule has 0 radical (unpaired) electrons. The molecule has 3 heterocycles. The summed E-state index contributed by atoms with van der Waals surface area (Å²) in [5.74, 6) is -1.48. The Morgan fingerprint density at radius 1 is 1.08 bits per heavy atom. The number of aliphatic hydroxyl groups is 1. The number of rotatable bonds is 6. The molecule has 5 rings (SSSR count). The van der Waals surface area contributed by atoms with E-state index in [9.17, 15) is 18.3 Å². The van der Waals surface area contributed by atoms with E-state index in [4.69, 9.17) is 9.47 Å². The van der Waals surface area contributed by atoms with Crippen LogP contribution in [0.2, 0.25) is 0 Å². The first-order valence-electron chi connectivity index (χ1n) is 12.9. The van der Waals surface area contributed by atoms with E-state index in [0.717, 1.165) is 12.1 Å². The van der Waals surface area contributed by atoms with Crippen LogP contribution in [-0.2, 0) is 31.6 Å². The Kier molecular flexibility index (Phi) is 7.47. The first-order valence-corrected chi connectivity index (χ1v) is 14.4. The Balaban J connectivity index is 1.48. The third-order valence-corrected chi connectivity index (χ3v) is 10.4. The minimum absolute atomic E-state index is 0.00528. The molecule has 38 heavy (non-hydrogen) atoms. The van der Waals surface area contributed by atoms with Crippen molar-refractivity contribution in [2.75, 3.05) is 26.4 Å². The standard InChI is InChI=1S/C27H32F2N2O6S/c1-18-7-8-25(19-5-3-2-4-6-19)38(34,35)31(18)15-20-13-24(29)22(14-23(20)28)27(9-11-36-12-10-27)30-16-21(17-32)37-26(30)33/h2-6,13-14,18,21,25,32H,7-12,15-17H2,1H3/t18-,21+,25+/m0/s1. The first kappa shape index (κ1) is 27.0. The van der Waals surface area contributed by atoms with Gasteiger partial charge in [0.15, 0.2) is 0 Å². The van der Waals surface area contributed by atoms with Crippen molar-refractivity contribution in [3.05, 3.63) is 70.8 Å². The summed E-state index contributed by atoms with van der Waals surface area (Å²) in [7, 11) is -3.83. The van der Waals surface area contributed by atoms with E-state index in [1.807, 2.05) is 6.07 Å². The van der Waals surface area contributed by atoms with Crippen molar-refractivity contribution in [3.63, 3.8) is 0 Å². The van der Waals surface area contributed by atoms with Crippen LogP contribution in [0.1, 0.15) is 54.5 Å². The molecule has 1 amide bonds. The quantitative estimate of drug-likeness (QED) is 0.587. The number of hydrogen-bond donors (Lipinski definition) is 1. The van der Waals surface area contributed by atoms with Gasteiger partial charge in [-0.25, -0.2) is 22.0 Å². The highest BCUT2D eigenvalue weighted by Gasteiger charge is 2.50. The van der Waals surface area contributed by atoms with Crippen molar-refractivity contribution in [1.82, 2.24) is 9.21 Å². The average Bonchev–Trinajstić information content (AvgIpc) is 3.30. The smallest absolute Gasteiger partial charge is 0.411 e. The lowest BCUT2D eigenvalue weighted by atomic mass is 9.80. The van der Waals surface area contributed by atoms with E-state index in [2.05, 4.69) is 0 Å². The van der Waals surface area contributed by atoms with Gasteiger partial charge >= 0.3 is 6.09 Å². The van der Waals surface area contributed by atoms with Crippen molar-refractivity contribution in [1.29, 1.82) is 0 Å². The number of cyclic esters (lactones) is 1. The molecular weight excluding hydrogens is 518 g/mol. The Hall–Kier alpha value is -2.60. The van der Waals surface area contributed by atoms with E-state index in [-0.39, 0.29) is 62.9 Å². The zero-order valence-electron chi connectivity index (χ0n) is 21.2. The van der Waals surface area contributed by atoms with Gasteiger partial charge in [0.05, 0.1) is 18.7 Å². The number of nitrogens with zero attached hydrogens (tertiary/aromatic N) is 2. The SMILES string of the molecule is C[C@H]1CC[C@H](c2ccccc2)S(=O)(=O)N1Cc1cc(F)c(C2(N3C[C@H](CO)OC3=O)CCOCC2)cc1F. The maximum absolute atomic E-state index is 15.8. The van der Waals surface area contributed by atoms with Crippen molar-refractivity contribution in [2.24, 2.45) is 0 Å². The summed E-state index contributed by atoms with van der Waals surface area (Å²) in [5.41, 5.74) is -0.610. The first-order chi connectivity index (χ1) is 18.2. The highest BCUT2D eigenvalue weighted by Crippen LogP contribution is 2.43. The normalized spacial score (nSPS) is 27.3. The molecule has 0 aromatic heterocycles. The van der Waals surface area contributed by atoms with Gasteiger partial charge in [0.2, 0.25) is 10.0 Å². The van der Waals surface area contributed by atoms with Crippen molar-refractivity contribution in [3.8, 4) is 0 Å². The van der Waals surface area contributed by atoms with Crippen molar-refractivity contribution in [2.45, 2.75) is 62.1 Å². The van der Waals surface area contributed by atoms with E-state index >= 15 is 8.78 Å². The second-order valence-corrected chi connectivity index (χ2v) is 12.4. The Labute approximate surface area is 221 Å². The predicted molar refractivity (Wildman–Crippen MR) is 134 cm³/mol. The number of carbonyl (C=O) groups excluding carboxylic acids is 1. The third-order valence-electron chi connectivity index (χ3n) is 8.07. The molecule has 11 heteroatoms. The van der Waals surface area contributed by atoms with Gasteiger partial charge in [0.1, 0.15) is 23.0 Å². The van der Waals surface area contributed by atoms with Gasteiger partial charge in [-0.3, -0.25) is 4.90 Å². The van der Waals surface area contributed by atoms with Gasteiger partial charge in [-0.2, -0.15) is 4.31 Å². The van der Waals surface area contributed by atoms with Crippen LogP contribution in [0.25, 0.3) is 0 Å². The van der Waals surface area contributed by atoms with Gasteiger partial charge in [0, 0.05) is 36.9 Å². The van der Waals surface area contributed by atoms with Crippen LogP contribution in [0.5, 0.6) is 0 Å². The number of halogens is 2. The number of sulfonamides is 1. The van der Waals surface area contributed by atoms with Gasteiger partial charge in [0.25, 0.3) is 0 Å². The molecule has 0 aliphatic carbocycles. The second-order valence-electron chi connectivity index (χ2n) is 10.3. The summed E-state index contributed by atoms with van der Waals surface area (Å²) in [6.07, 6.45) is 0.0457. The summed E-state index contributed by atoms with van der Waals surface area (Å²) in [5, 5.41) is 8.73. The fraction of sp³-hybridized carbons (Fsp3) is 0.519. The van der Waals surface area contributed by atoms with E-state index in [0.29, 0.717) is 18.4 Å². The molecule has 206 valence electrons. The molecule has 2 aromatic rings. The van der Waals surface area contributed by atoms with Gasteiger partial charge in [-0.15, -0.1) is 0 Å². The zero-order chi connectivity index (χ0) is 27.1. The van der Waals surface area contributed by atoms with Crippen LogP contribution in [0.3, 0.4) is 0 Å². The van der Waals surface area contributed by atoms with Gasteiger partial charge in [-0.1, -0.05) is 30.3 Å². The highest BCUT2D eigenvalue weighted by atomic mass is 32.2. The molecule has 3 aliphatic rings. The molecule has 8 nitrogen and oxygen atoms in total. The molecule has 1 N–H and O–H groups in total. The van der Waals surface area contributed by atoms with Crippen LogP contribution >= 0.6 is 0 Å². The summed E-state index contributed by atoms with van der Waals surface area (Å²) >= 11 is 0. The number of aliphatic hydroxyl groups excluding tert-OH is 1. The maximum atomic E-state index is 15.8. The molecular formula is C27H32F2N2O6S. The molecule has 3 saturated heterocycles. The summed E-state index contributed by atoms with van der Waals surface area (Å²) < 4.78 is 70.5. The Bertz CT molecular complexity index is 1290. The number of carbonyl (C=O) groups is 1. The van der Waals surface area contributed by atoms with Crippen molar-refractivity contribution < 1.29 is 36.6 Å². The van der Waals surface area contributed by atoms with Crippen LogP contribution in [0, 0.1) is 11.6 Å². The number of benzene rings is 2. The zero-order valence-corrected chi connectivity index (χ0v) is 22.0. The van der Waals surface area contributed by atoms with Crippen LogP contribution in [-0.4, -0.2) is 67.3 Å². The molecule has 0 unspecified atom stereocenters. The number of hydrogen-bond acceptors (Lipinski definition) is 6. The van der Waals surface area contributed by atoms with Gasteiger partial charge < -0.3 is 14.6 Å². The molecule has 0 spiro atoms. The number of ether oxygens (including phenoxy) is 2. The summed E-state index contributed by atoms with van der Waals surface area (Å²) in [6, 6.07) is 10.7. The molecule has 3 aliphatic heterocycles. The van der Waals surface area contributed by atoms with Crippen LogP contribution < -0.4 is 0 Å². The highest BCUT2D eigenvalue weighted by molar-refractivity contribution is 7.89. The molecule has 3 fully saturated rings. The predicted octanol–water partition coefficient (Wildman–Crippen LogP) is 3.84. The molecule has 0 bridgehead atoms. The Morgan fingerprint density at radius 3 is 2.45 bits per heavy atom. The number of amides is 1. The average molecular weight is 551 g/mol. The molecule has 2 aromatic carbocycles. The molecule has 3 atom stereocenters. The minimum atomic E-state index is -3.83. The topological polar surface area (TPSA) is 96.4 Å².